The largest absolute Gasteiger partial charge is 0.344 e. The highest BCUT2D eigenvalue weighted by atomic mass is 16.2. The van der Waals surface area contributed by atoms with Gasteiger partial charge in [-0.3, -0.25) is 14.4 Å². The van der Waals surface area contributed by atoms with Gasteiger partial charge in [0.05, 0.1) is 0 Å². The van der Waals surface area contributed by atoms with Gasteiger partial charge in [-0.15, -0.1) is 0 Å². The van der Waals surface area contributed by atoms with Gasteiger partial charge in [-0.1, -0.05) is 13.3 Å². The molecule has 0 bridgehead atoms. The van der Waals surface area contributed by atoms with Crippen LogP contribution in [0.3, 0.4) is 0 Å². The lowest BCUT2D eigenvalue weighted by atomic mass is 10.1. The maximum atomic E-state index is 12.2. The summed E-state index contributed by atoms with van der Waals surface area (Å²) in [6.45, 7) is 4.43. The van der Waals surface area contributed by atoms with Gasteiger partial charge in [0.2, 0.25) is 17.7 Å². The summed E-state index contributed by atoms with van der Waals surface area (Å²) in [4.78, 5) is 38.9. The van der Waals surface area contributed by atoms with E-state index in [4.69, 9.17) is 0 Å². The summed E-state index contributed by atoms with van der Waals surface area (Å²) in [5.74, 6) is 0.140. The van der Waals surface area contributed by atoms with Crippen LogP contribution in [0.25, 0.3) is 0 Å². The molecule has 0 saturated carbocycles. The molecule has 1 N–H and O–H groups in total. The average molecular weight is 281 g/mol. The Morgan fingerprint density at radius 1 is 1.20 bits per heavy atom. The molecule has 0 radical (unpaired) electrons. The molecule has 0 aliphatic carbocycles. The first-order valence-electron chi connectivity index (χ1n) is 7.47. The molecule has 6 nitrogen and oxygen atoms in total. The van der Waals surface area contributed by atoms with Gasteiger partial charge < -0.3 is 15.1 Å². The highest BCUT2D eigenvalue weighted by Gasteiger charge is 2.32. The van der Waals surface area contributed by atoms with E-state index in [1.54, 1.807) is 4.90 Å². The van der Waals surface area contributed by atoms with Gasteiger partial charge in [-0.25, -0.2) is 0 Å². The van der Waals surface area contributed by atoms with E-state index in [0.717, 1.165) is 12.8 Å². The van der Waals surface area contributed by atoms with E-state index in [2.05, 4.69) is 12.2 Å². The summed E-state index contributed by atoms with van der Waals surface area (Å²) >= 11 is 0. The molecule has 0 spiro atoms. The van der Waals surface area contributed by atoms with Crippen molar-refractivity contribution in [1.29, 1.82) is 0 Å². The number of piperazine rings is 1. The second-order valence-corrected chi connectivity index (χ2v) is 5.47. The number of hydrogen-bond donors (Lipinski definition) is 1. The lowest BCUT2D eigenvalue weighted by molar-refractivity contribution is -0.141. The number of amides is 3. The van der Waals surface area contributed by atoms with Gasteiger partial charge in [0.25, 0.3) is 0 Å². The molecule has 3 amide bonds. The zero-order chi connectivity index (χ0) is 14.5. The van der Waals surface area contributed by atoms with Crippen molar-refractivity contribution in [1.82, 2.24) is 15.1 Å². The van der Waals surface area contributed by atoms with Gasteiger partial charge in [-0.2, -0.15) is 0 Å². The Labute approximate surface area is 119 Å². The van der Waals surface area contributed by atoms with E-state index in [1.807, 2.05) is 4.90 Å². The van der Waals surface area contributed by atoms with Crippen molar-refractivity contribution >= 4 is 17.7 Å². The van der Waals surface area contributed by atoms with E-state index >= 15 is 0 Å². The van der Waals surface area contributed by atoms with Gasteiger partial charge in [0.15, 0.2) is 0 Å². The maximum Gasteiger partial charge on any atom is 0.245 e. The van der Waals surface area contributed by atoms with Gasteiger partial charge in [0.1, 0.15) is 6.04 Å². The second-order valence-electron chi connectivity index (χ2n) is 5.47. The lowest BCUT2D eigenvalue weighted by Gasteiger charge is -2.36. The molecule has 2 saturated heterocycles. The summed E-state index contributed by atoms with van der Waals surface area (Å²) in [6, 6.07) is -0.357. The summed E-state index contributed by atoms with van der Waals surface area (Å²) in [5, 5.41) is 2.70. The van der Waals surface area contributed by atoms with E-state index in [9.17, 15) is 14.4 Å². The SMILES string of the molecule is CCCCC(=O)N1CCN(C(=O)C2CCC(=O)N2)CC1. The van der Waals surface area contributed by atoms with Crippen molar-refractivity contribution in [2.24, 2.45) is 0 Å². The van der Waals surface area contributed by atoms with Crippen LogP contribution < -0.4 is 5.32 Å². The highest BCUT2D eigenvalue weighted by molar-refractivity contribution is 5.91. The third kappa shape index (κ3) is 3.49. The first-order chi connectivity index (χ1) is 9.61. The minimum Gasteiger partial charge on any atom is -0.344 e. The van der Waals surface area contributed by atoms with Crippen LogP contribution in [0.5, 0.6) is 0 Å². The fourth-order valence-corrected chi connectivity index (χ4v) is 2.68. The summed E-state index contributed by atoms with van der Waals surface area (Å²) in [7, 11) is 0. The van der Waals surface area contributed by atoms with Crippen LogP contribution in [0.4, 0.5) is 0 Å². The van der Waals surface area contributed by atoms with Crippen molar-refractivity contribution in [3.63, 3.8) is 0 Å². The first kappa shape index (κ1) is 14.8. The Bertz CT molecular complexity index is 389. The fraction of sp³-hybridized carbons (Fsp3) is 0.786. The van der Waals surface area contributed by atoms with Crippen LogP contribution in [0.1, 0.15) is 39.0 Å². The molecule has 2 rings (SSSR count). The normalized spacial score (nSPS) is 22.9. The van der Waals surface area contributed by atoms with Crippen LogP contribution >= 0.6 is 0 Å². The molecule has 2 aliphatic heterocycles. The third-order valence-corrected chi connectivity index (χ3v) is 3.98. The smallest absolute Gasteiger partial charge is 0.245 e. The van der Waals surface area contributed by atoms with E-state index in [0.29, 0.717) is 45.4 Å². The number of carbonyl (C=O) groups is 3. The van der Waals surface area contributed by atoms with Crippen molar-refractivity contribution in [2.45, 2.75) is 45.1 Å². The Hall–Kier alpha value is -1.59. The molecule has 1 unspecified atom stereocenters. The van der Waals surface area contributed by atoms with Crippen molar-refractivity contribution in [3.05, 3.63) is 0 Å². The third-order valence-electron chi connectivity index (χ3n) is 3.98. The zero-order valence-electron chi connectivity index (χ0n) is 12.1. The predicted octanol–water partition coefficient (Wildman–Crippen LogP) is 0.126. The molecule has 2 heterocycles. The van der Waals surface area contributed by atoms with Gasteiger partial charge in [0, 0.05) is 39.0 Å². The minimum atomic E-state index is -0.357. The van der Waals surface area contributed by atoms with E-state index < -0.39 is 0 Å². The number of nitrogens with zero attached hydrogens (tertiary/aromatic N) is 2. The van der Waals surface area contributed by atoms with Crippen molar-refractivity contribution in [3.8, 4) is 0 Å². The van der Waals surface area contributed by atoms with Crippen molar-refractivity contribution < 1.29 is 14.4 Å². The van der Waals surface area contributed by atoms with Crippen LogP contribution in [0, 0.1) is 0 Å². The number of hydrogen-bond acceptors (Lipinski definition) is 3. The number of rotatable bonds is 4. The predicted molar refractivity (Wildman–Crippen MR) is 73.8 cm³/mol. The maximum absolute atomic E-state index is 12.2. The number of carbonyl (C=O) groups excluding carboxylic acids is 3. The highest BCUT2D eigenvalue weighted by Crippen LogP contribution is 2.12. The molecular weight excluding hydrogens is 258 g/mol. The summed E-state index contributed by atoms with van der Waals surface area (Å²) < 4.78 is 0. The minimum absolute atomic E-state index is 0.00323. The second kappa shape index (κ2) is 6.72. The lowest BCUT2D eigenvalue weighted by Crippen LogP contribution is -2.54. The number of unbranched alkanes of at least 4 members (excludes halogenated alkanes) is 1. The van der Waals surface area contributed by atoms with Crippen LogP contribution in [-0.4, -0.2) is 59.7 Å². The van der Waals surface area contributed by atoms with Crippen LogP contribution in [0.15, 0.2) is 0 Å². The van der Waals surface area contributed by atoms with Crippen LogP contribution in [-0.2, 0) is 14.4 Å². The Kier molecular flexibility index (Phi) is 4.98. The first-order valence-corrected chi connectivity index (χ1v) is 7.47. The van der Waals surface area contributed by atoms with Gasteiger partial charge in [-0.05, 0) is 12.8 Å². The Balaban J connectivity index is 1.77. The summed E-state index contributed by atoms with van der Waals surface area (Å²) in [6.07, 6.45) is 3.57. The molecule has 2 aliphatic rings. The van der Waals surface area contributed by atoms with E-state index in [1.165, 1.54) is 0 Å². The Morgan fingerprint density at radius 2 is 1.85 bits per heavy atom. The Morgan fingerprint density at radius 3 is 2.40 bits per heavy atom. The standard InChI is InChI=1S/C14H23N3O3/c1-2-3-4-13(19)16-7-9-17(10-8-16)14(20)11-5-6-12(18)15-11/h11H,2-10H2,1H3,(H,15,18). The van der Waals surface area contributed by atoms with E-state index in [-0.39, 0.29) is 23.8 Å². The monoisotopic (exact) mass is 281 g/mol. The topological polar surface area (TPSA) is 69.7 Å². The molecular formula is C14H23N3O3. The average Bonchev–Trinajstić information content (AvgIpc) is 2.90. The molecule has 6 heteroatoms. The molecule has 112 valence electrons. The zero-order valence-corrected chi connectivity index (χ0v) is 12.1. The molecule has 20 heavy (non-hydrogen) atoms. The van der Waals surface area contributed by atoms with Crippen molar-refractivity contribution in [2.75, 3.05) is 26.2 Å². The quantitative estimate of drug-likeness (QED) is 0.796. The van der Waals surface area contributed by atoms with Gasteiger partial charge >= 0.3 is 0 Å². The molecule has 2 fully saturated rings. The van der Waals surface area contributed by atoms with Crippen LogP contribution in [0.2, 0.25) is 0 Å². The summed E-state index contributed by atoms with van der Waals surface area (Å²) in [5.41, 5.74) is 0. The fourth-order valence-electron chi connectivity index (χ4n) is 2.68. The molecule has 0 aromatic heterocycles. The molecule has 0 aromatic rings. The molecule has 1 atom stereocenters. The molecule has 0 aromatic carbocycles. The number of nitrogens with one attached hydrogen (secondary N) is 1.